The van der Waals surface area contributed by atoms with E-state index in [0.29, 0.717) is 25.3 Å². The molecule has 3 amide bonds. The maximum absolute atomic E-state index is 13.5. The number of amides is 3. The van der Waals surface area contributed by atoms with Gasteiger partial charge in [0.15, 0.2) is 5.25 Å². The van der Waals surface area contributed by atoms with E-state index in [1.165, 1.54) is 16.7 Å². The molecule has 3 heterocycles. The van der Waals surface area contributed by atoms with Crippen molar-refractivity contribution in [3.8, 4) is 0 Å². The molecule has 0 bridgehead atoms. The van der Waals surface area contributed by atoms with Gasteiger partial charge in [-0.2, -0.15) is 0 Å². The molecule has 3 aliphatic heterocycles. The molecule has 1 atom stereocenters. The number of carbonyl (C=O) groups excluding carboxylic acids is 3. The van der Waals surface area contributed by atoms with Crippen LogP contribution in [0.15, 0.2) is 53.4 Å². The molecule has 2 aromatic rings. The maximum Gasteiger partial charge on any atom is 0.250 e. The fourth-order valence-electron chi connectivity index (χ4n) is 4.63. The van der Waals surface area contributed by atoms with E-state index in [1.807, 2.05) is 53.4 Å². The number of hydrogen-bond donors (Lipinski definition) is 0. The normalized spacial score (nSPS) is 20.5. The van der Waals surface area contributed by atoms with Gasteiger partial charge in [0.1, 0.15) is 6.54 Å². The van der Waals surface area contributed by atoms with Crippen LogP contribution in [-0.4, -0.2) is 54.1 Å². The van der Waals surface area contributed by atoms with Crippen LogP contribution in [0.3, 0.4) is 0 Å². The molecule has 5 rings (SSSR count). The van der Waals surface area contributed by atoms with Crippen molar-refractivity contribution in [3.05, 3.63) is 54.1 Å². The van der Waals surface area contributed by atoms with Crippen molar-refractivity contribution in [2.75, 3.05) is 36.0 Å². The number of fused-ring (bicyclic) bond motifs is 2. The van der Waals surface area contributed by atoms with Gasteiger partial charge >= 0.3 is 0 Å². The lowest BCUT2D eigenvalue weighted by atomic mass is 10.1. The van der Waals surface area contributed by atoms with E-state index in [9.17, 15) is 14.4 Å². The first kappa shape index (κ1) is 20.1. The smallest absolute Gasteiger partial charge is 0.250 e. The Bertz CT molecular complexity index is 1030. The van der Waals surface area contributed by atoms with Crippen LogP contribution >= 0.6 is 11.8 Å². The third-order valence-electron chi connectivity index (χ3n) is 6.26. The van der Waals surface area contributed by atoms with Gasteiger partial charge < -0.3 is 14.7 Å². The molecule has 31 heavy (non-hydrogen) atoms. The molecular formula is C24H25N3O3S. The van der Waals surface area contributed by atoms with Crippen LogP contribution in [0.1, 0.15) is 24.8 Å². The van der Waals surface area contributed by atoms with Gasteiger partial charge in [-0.25, -0.2) is 0 Å². The number of anilines is 2. The van der Waals surface area contributed by atoms with Gasteiger partial charge in [-0.1, -0.05) is 30.3 Å². The molecule has 0 spiro atoms. The number of piperidine rings is 1. The van der Waals surface area contributed by atoms with Gasteiger partial charge in [0.25, 0.3) is 5.91 Å². The summed E-state index contributed by atoms with van der Waals surface area (Å²) in [6.45, 7) is 1.96. The van der Waals surface area contributed by atoms with Crippen LogP contribution in [0.4, 0.5) is 11.4 Å². The van der Waals surface area contributed by atoms with Crippen LogP contribution in [-0.2, 0) is 20.8 Å². The van der Waals surface area contributed by atoms with Gasteiger partial charge in [-0.15, -0.1) is 11.8 Å². The number of likely N-dealkylation sites (tertiary alicyclic amines) is 1. The fourth-order valence-corrected chi connectivity index (χ4v) is 5.82. The van der Waals surface area contributed by atoms with E-state index in [4.69, 9.17) is 0 Å². The molecule has 2 aromatic carbocycles. The molecule has 160 valence electrons. The minimum absolute atomic E-state index is 0.0610. The first-order valence-corrected chi connectivity index (χ1v) is 11.8. The summed E-state index contributed by atoms with van der Waals surface area (Å²) in [4.78, 5) is 45.8. The predicted octanol–water partition coefficient (Wildman–Crippen LogP) is 3.10. The Morgan fingerprint density at radius 2 is 1.61 bits per heavy atom. The Balaban J connectivity index is 1.41. The summed E-state index contributed by atoms with van der Waals surface area (Å²) in [6.07, 6.45) is 3.89. The van der Waals surface area contributed by atoms with Gasteiger partial charge in [0.2, 0.25) is 11.8 Å². The van der Waals surface area contributed by atoms with E-state index < -0.39 is 5.25 Å². The lowest BCUT2D eigenvalue weighted by Crippen LogP contribution is -2.53. The average Bonchev–Trinajstić information content (AvgIpc) is 3.25. The van der Waals surface area contributed by atoms with Crippen molar-refractivity contribution in [2.24, 2.45) is 0 Å². The van der Waals surface area contributed by atoms with E-state index in [0.717, 1.165) is 41.8 Å². The molecule has 1 saturated heterocycles. The SMILES string of the molecule is O=C([C@@H]1Sc2ccccc2N(CC(=O)N2CCc3ccccc32)C1=O)N1CCCCC1. The van der Waals surface area contributed by atoms with E-state index in [-0.39, 0.29) is 24.3 Å². The Kier molecular flexibility index (Phi) is 5.44. The minimum Gasteiger partial charge on any atom is -0.341 e. The summed E-state index contributed by atoms with van der Waals surface area (Å²) in [7, 11) is 0. The number of thioether (sulfide) groups is 1. The predicted molar refractivity (Wildman–Crippen MR) is 121 cm³/mol. The molecule has 1 fully saturated rings. The van der Waals surface area contributed by atoms with Crippen molar-refractivity contribution in [1.29, 1.82) is 0 Å². The Morgan fingerprint density at radius 3 is 2.42 bits per heavy atom. The van der Waals surface area contributed by atoms with Crippen LogP contribution in [0, 0.1) is 0 Å². The minimum atomic E-state index is -0.827. The first-order valence-electron chi connectivity index (χ1n) is 10.9. The summed E-state index contributed by atoms with van der Waals surface area (Å²) < 4.78 is 0. The Hall–Kier alpha value is -2.80. The lowest BCUT2D eigenvalue weighted by molar-refractivity contribution is -0.135. The third kappa shape index (κ3) is 3.71. The second kappa shape index (κ2) is 8.38. The van der Waals surface area contributed by atoms with E-state index in [1.54, 1.807) is 4.90 Å². The van der Waals surface area contributed by atoms with Gasteiger partial charge in [-0.05, 0) is 49.4 Å². The highest BCUT2D eigenvalue weighted by Gasteiger charge is 2.41. The number of hydrogen-bond acceptors (Lipinski definition) is 4. The number of carbonyl (C=O) groups is 3. The molecule has 0 N–H and O–H groups in total. The van der Waals surface area contributed by atoms with Crippen molar-refractivity contribution in [2.45, 2.75) is 35.8 Å². The molecule has 7 heteroatoms. The maximum atomic E-state index is 13.5. The molecule has 0 radical (unpaired) electrons. The van der Waals surface area contributed by atoms with Crippen LogP contribution < -0.4 is 9.80 Å². The number of para-hydroxylation sites is 2. The quantitative estimate of drug-likeness (QED) is 0.695. The van der Waals surface area contributed by atoms with Crippen molar-refractivity contribution < 1.29 is 14.4 Å². The highest BCUT2D eigenvalue weighted by Crippen LogP contribution is 2.40. The number of benzene rings is 2. The highest BCUT2D eigenvalue weighted by molar-refractivity contribution is 8.01. The summed E-state index contributed by atoms with van der Waals surface area (Å²) in [5.74, 6) is -0.544. The van der Waals surface area contributed by atoms with Crippen LogP contribution in [0.2, 0.25) is 0 Å². The fraction of sp³-hybridized carbons (Fsp3) is 0.375. The van der Waals surface area contributed by atoms with Crippen molar-refractivity contribution in [3.63, 3.8) is 0 Å². The van der Waals surface area contributed by atoms with Gasteiger partial charge in [0, 0.05) is 30.2 Å². The summed E-state index contributed by atoms with van der Waals surface area (Å²) >= 11 is 1.31. The molecular weight excluding hydrogens is 410 g/mol. The number of rotatable bonds is 3. The van der Waals surface area contributed by atoms with E-state index >= 15 is 0 Å². The van der Waals surface area contributed by atoms with Crippen molar-refractivity contribution >= 4 is 40.9 Å². The molecule has 3 aliphatic rings. The average molecular weight is 436 g/mol. The molecule has 0 aromatic heterocycles. The van der Waals surface area contributed by atoms with Gasteiger partial charge in [-0.3, -0.25) is 14.4 Å². The van der Waals surface area contributed by atoms with Crippen molar-refractivity contribution in [1.82, 2.24) is 4.90 Å². The molecule has 6 nitrogen and oxygen atoms in total. The zero-order chi connectivity index (χ0) is 21.4. The zero-order valence-electron chi connectivity index (χ0n) is 17.3. The van der Waals surface area contributed by atoms with Crippen LogP contribution in [0.5, 0.6) is 0 Å². The standard InChI is InChI=1S/C24H25N3O3S/c28-21(26-15-12-17-8-2-3-9-18(17)26)16-27-19-10-4-5-11-20(19)31-22(24(27)30)23(29)25-13-6-1-7-14-25/h2-5,8-11,22H,1,6-7,12-16H2/t22-/m0/s1. The Morgan fingerprint density at radius 1 is 0.903 bits per heavy atom. The number of nitrogens with zero attached hydrogens (tertiary/aromatic N) is 3. The van der Waals surface area contributed by atoms with Gasteiger partial charge in [0.05, 0.1) is 5.69 Å². The first-order chi connectivity index (χ1) is 15.1. The van der Waals surface area contributed by atoms with E-state index in [2.05, 4.69) is 0 Å². The molecule has 0 unspecified atom stereocenters. The molecule has 0 aliphatic carbocycles. The largest absolute Gasteiger partial charge is 0.341 e. The monoisotopic (exact) mass is 435 g/mol. The lowest BCUT2D eigenvalue weighted by Gasteiger charge is -2.36. The second-order valence-electron chi connectivity index (χ2n) is 8.20. The molecule has 0 saturated carbocycles. The summed E-state index contributed by atoms with van der Waals surface area (Å²) in [5.41, 5.74) is 2.77. The zero-order valence-corrected chi connectivity index (χ0v) is 18.1. The highest BCUT2D eigenvalue weighted by atomic mass is 32.2. The van der Waals surface area contributed by atoms with Crippen LogP contribution in [0.25, 0.3) is 0 Å². The summed E-state index contributed by atoms with van der Waals surface area (Å²) in [5, 5.41) is -0.827. The summed E-state index contributed by atoms with van der Waals surface area (Å²) in [6, 6.07) is 15.4. The topological polar surface area (TPSA) is 60.9 Å². The Labute approximate surface area is 186 Å². The second-order valence-corrected chi connectivity index (χ2v) is 9.35. The third-order valence-corrected chi connectivity index (χ3v) is 7.50.